The fourth-order valence-electron chi connectivity index (χ4n) is 2.75. The highest BCUT2D eigenvalue weighted by molar-refractivity contribution is 5.74. The summed E-state index contributed by atoms with van der Waals surface area (Å²) in [6.45, 7) is 0.701. The second-order valence-corrected chi connectivity index (χ2v) is 5.24. The number of piperidine rings is 1. The molecule has 2 atom stereocenters. The van der Waals surface area contributed by atoms with E-state index in [9.17, 15) is 9.59 Å². The van der Waals surface area contributed by atoms with Crippen LogP contribution in [-0.4, -0.2) is 35.7 Å². The Hall–Kier alpha value is -2.04. The standard InChI is InChI=1S/C15H17NO4/c17-14-8-12-6-7-13(20-14)9-16(12)15(18)19-10-11-4-2-1-3-5-11/h1-5,12-13H,6-10H2. The van der Waals surface area contributed by atoms with Gasteiger partial charge in [0.1, 0.15) is 12.7 Å². The molecule has 3 aliphatic rings. The van der Waals surface area contributed by atoms with Gasteiger partial charge in [-0.1, -0.05) is 30.3 Å². The van der Waals surface area contributed by atoms with E-state index in [-0.39, 0.29) is 37.2 Å². The van der Waals surface area contributed by atoms with Gasteiger partial charge in [0.05, 0.1) is 13.0 Å². The molecule has 2 bridgehead atoms. The first-order valence-corrected chi connectivity index (χ1v) is 6.89. The molecule has 20 heavy (non-hydrogen) atoms. The molecule has 0 saturated carbocycles. The van der Waals surface area contributed by atoms with Crippen molar-refractivity contribution in [1.82, 2.24) is 4.90 Å². The topological polar surface area (TPSA) is 55.8 Å². The van der Waals surface area contributed by atoms with Gasteiger partial charge in [-0.2, -0.15) is 0 Å². The number of amides is 1. The summed E-state index contributed by atoms with van der Waals surface area (Å²) in [5.41, 5.74) is 0.952. The molecule has 0 spiro atoms. The highest BCUT2D eigenvalue weighted by Gasteiger charge is 2.39. The average Bonchev–Trinajstić information content (AvgIpc) is 2.74. The van der Waals surface area contributed by atoms with Gasteiger partial charge in [0, 0.05) is 6.04 Å². The van der Waals surface area contributed by atoms with E-state index >= 15 is 0 Å². The fraction of sp³-hybridized carbons (Fsp3) is 0.467. The van der Waals surface area contributed by atoms with Crippen LogP contribution in [0.3, 0.4) is 0 Å². The van der Waals surface area contributed by atoms with E-state index in [2.05, 4.69) is 0 Å². The molecule has 5 nitrogen and oxygen atoms in total. The van der Waals surface area contributed by atoms with Crippen LogP contribution < -0.4 is 0 Å². The Kier molecular flexibility index (Phi) is 3.58. The molecule has 0 aliphatic carbocycles. The lowest BCUT2D eigenvalue weighted by molar-refractivity contribution is -0.146. The van der Waals surface area contributed by atoms with Crippen molar-refractivity contribution >= 4 is 12.1 Å². The molecule has 5 heteroatoms. The number of rotatable bonds is 2. The number of carbonyl (C=O) groups excluding carboxylic acids is 2. The third-order valence-electron chi connectivity index (χ3n) is 3.80. The first-order valence-electron chi connectivity index (χ1n) is 6.89. The van der Waals surface area contributed by atoms with Crippen molar-refractivity contribution in [3.05, 3.63) is 35.9 Å². The first kappa shape index (κ1) is 13.0. The van der Waals surface area contributed by atoms with Crippen LogP contribution in [0, 0.1) is 0 Å². The molecule has 2 unspecified atom stereocenters. The molecule has 3 fully saturated rings. The Bertz CT molecular complexity index is 502. The van der Waals surface area contributed by atoms with Gasteiger partial charge in [-0.15, -0.1) is 0 Å². The third kappa shape index (κ3) is 2.76. The SMILES string of the molecule is O=C1CC2CCC(CN2C(=O)OCc2ccccc2)O1. The largest absolute Gasteiger partial charge is 0.460 e. The van der Waals surface area contributed by atoms with E-state index < -0.39 is 0 Å². The van der Waals surface area contributed by atoms with E-state index in [1.807, 2.05) is 30.3 Å². The van der Waals surface area contributed by atoms with Crippen LogP contribution in [0.1, 0.15) is 24.8 Å². The summed E-state index contributed by atoms with van der Waals surface area (Å²) in [7, 11) is 0. The number of benzene rings is 1. The number of nitrogens with zero attached hydrogens (tertiary/aromatic N) is 1. The van der Waals surface area contributed by atoms with Gasteiger partial charge < -0.3 is 14.4 Å². The second kappa shape index (κ2) is 5.53. The Balaban J connectivity index is 1.61. The monoisotopic (exact) mass is 275 g/mol. The van der Waals surface area contributed by atoms with Crippen molar-refractivity contribution in [2.75, 3.05) is 6.54 Å². The number of hydrogen-bond donors (Lipinski definition) is 0. The predicted octanol–water partition coefficient (Wildman–Crippen LogP) is 2.10. The summed E-state index contributed by atoms with van der Waals surface area (Å²) >= 11 is 0. The van der Waals surface area contributed by atoms with E-state index in [4.69, 9.17) is 9.47 Å². The lowest BCUT2D eigenvalue weighted by atomic mass is 10.00. The fourth-order valence-corrected chi connectivity index (χ4v) is 2.75. The molecule has 1 aromatic carbocycles. The number of hydrogen-bond acceptors (Lipinski definition) is 4. The van der Waals surface area contributed by atoms with Crippen LogP contribution in [0.4, 0.5) is 4.79 Å². The van der Waals surface area contributed by atoms with Gasteiger partial charge in [-0.3, -0.25) is 4.79 Å². The van der Waals surface area contributed by atoms with Gasteiger partial charge in [0.2, 0.25) is 0 Å². The van der Waals surface area contributed by atoms with Crippen LogP contribution in [-0.2, 0) is 20.9 Å². The molecule has 3 aliphatic heterocycles. The molecule has 3 heterocycles. The maximum atomic E-state index is 12.2. The minimum atomic E-state index is -0.359. The zero-order valence-electron chi connectivity index (χ0n) is 11.2. The minimum absolute atomic E-state index is 0.0791. The number of carbonyl (C=O) groups is 2. The Morgan fingerprint density at radius 1 is 1.30 bits per heavy atom. The average molecular weight is 275 g/mol. The number of fused-ring (bicyclic) bond motifs is 4. The van der Waals surface area contributed by atoms with Crippen molar-refractivity contribution in [3.63, 3.8) is 0 Å². The summed E-state index contributed by atoms with van der Waals surface area (Å²) < 4.78 is 10.6. The molecule has 0 N–H and O–H groups in total. The van der Waals surface area contributed by atoms with Crippen molar-refractivity contribution in [3.8, 4) is 0 Å². The lowest BCUT2D eigenvalue weighted by Gasteiger charge is -2.33. The summed E-state index contributed by atoms with van der Waals surface area (Å²) in [4.78, 5) is 25.3. The van der Waals surface area contributed by atoms with Gasteiger partial charge >= 0.3 is 12.1 Å². The summed E-state index contributed by atoms with van der Waals surface area (Å²) in [5, 5.41) is 0. The molecular weight excluding hydrogens is 258 g/mol. The maximum Gasteiger partial charge on any atom is 0.410 e. The van der Waals surface area contributed by atoms with Crippen LogP contribution >= 0.6 is 0 Å². The zero-order chi connectivity index (χ0) is 13.9. The van der Waals surface area contributed by atoms with E-state index in [1.165, 1.54) is 0 Å². The molecular formula is C15H17NO4. The first-order chi connectivity index (χ1) is 9.72. The van der Waals surface area contributed by atoms with Crippen molar-refractivity contribution < 1.29 is 19.1 Å². The van der Waals surface area contributed by atoms with E-state index in [0.717, 1.165) is 18.4 Å². The smallest absolute Gasteiger partial charge is 0.410 e. The summed E-state index contributed by atoms with van der Waals surface area (Å²) in [6, 6.07) is 9.47. The van der Waals surface area contributed by atoms with Crippen LogP contribution in [0.5, 0.6) is 0 Å². The Labute approximate surface area is 117 Å². The van der Waals surface area contributed by atoms with Gasteiger partial charge in [0.15, 0.2) is 0 Å². The van der Waals surface area contributed by atoms with Crippen LogP contribution in [0.15, 0.2) is 30.3 Å². The molecule has 4 rings (SSSR count). The van der Waals surface area contributed by atoms with Crippen LogP contribution in [0.25, 0.3) is 0 Å². The van der Waals surface area contributed by atoms with Gasteiger partial charge in [0.25, 0.3) is 0 Å². The van der Waals surface area contributed by atoms with Gasteiger partial charge in [-0.25, -0.2) is 4.79 Å². The molecule has 106 valence electrons. The lowest BCUT2D eigenvalue weighted by Crippen LogP contribution is -2.47. The predicted molar refractivity (Wildman–Crippen MR) is 70.9 cm³/mol. The highest BCUT2D eigenvalue weighted by Crippen LogP contribution is 2.27. The Morgan fingerprint density at radius 3 is 2.90 bits per heavy atom. The molecule has 0 radical (unpaired) electrons. The van der Waals surface area contributed by atoms with Crippen molar-refractivity contribution in [2.45, 2.75) is 38.0 Å². The summed E-state index contributed by atoms with van der Waals surface area (Å²) in [6.07, 6.45) is 1.37. The minimum Gasteiger partial charge on any atom is -0.460 e. The summed E-state index contributed by atoms with van der Waals surface area (Å²) in [5.74, 6) is -0.212. The molecule has 3 saturated heterocycles. The quantitative estimate of drug-likeness (QED) is 0.776. The zero-order valence-corrected chi connectivity index (χ0v) is 11.2. The van der Waals surface area contributed by atoms with Crippen molar-refractivity contribution in [2.24, 2.45) is 0 Å². The highest BCUT2D eigenvalue weighted by atomic mass is 16.6. The molecule has 1 amide bonds. The number of esters is 1. The third-order valence-corrected chi connectivity index (χ3v) is 3.80. The Morgan fingerprint density at radius 2 is 2.10 bits per heavy atom. The van der Waals surface area contributed by atoms with E-state index in [1.54, 1.807) is 4.90 Å². The maximum absolute atomic E-state index is 12.2. The van der Waals surface area contributed by atoms with Crippen LogP contribution in [0.2, 0.25) is 0 Å². The molecule has 0 aromatic heterocycles. The van der Waals surface area contributed by atoms with E-state index in [0.29, 0.717) is 6.54 Å². The second-order valence-electron chi connectivity index (χ2n) is 5.24. The molecule has 1 aromatic rings. The number of ether oxygens (including phenoxy) is 2. The van der Waals surface area contributed by atoms with Crippen molar-refractivity contribution in [1.29, 1.82) is 0 Å². The van der Waals surface area contributed by atoms with Gasteiger partial charge in [-0.05, 0) is 18.4 Å². The normalized spacial score (nSPS) is 25.0.